The summed E-state index contributed by atoms with van der Waals surface area (Å²) in [6, 6.07) is 0. The molecule has 2 rings (SSSR count). The normalized spacial score (nSPS) is 42.0. The Balaban J connectivity index is 2.09. The molecule has 4 atom stereocenters. The Bertz CT molecular complexity index is 234. The van der Waals surface area contributed by atoms with Crippen LogP contribution in [0.3, 0.4) is 0 Å². The minimum atomic E-state index is 0.0986. The quantitative estimate of drug-likeness (QED) is 0.516. The van der Waals surface area contributed by atoms with Gasteiger partial charge in [0, 0.05) is 18.4 Å². The molecule has 3 heteroatoms. The zero-order chi connectivity index (χ0) is 9.26. The van der Waals surface area contributed by atoms with Crippen molar-refractivity contribution in [3.05, 3.63) is 24.5 Å². The van der Waals surface area contributed by atoms with Crippen LogP contribution in [0.1, 0.15) is 0 Å². The summed E-state index contributed by atoms with van der Waals surface area (Å²) in [5, 5.41) is 9.17. The molecule has 2 bridgehead atoms. The topological polar surface area (TPSA) is 38.7 Å². The number of aliphatic hydroxyl groups is 1. The number of rotatable bonds is 3. The molecule has 2 heterocycles. The van der Waals surface area contributed by atoms with Crippen molar-refractivity contribution in [2.24, 2.45) is 11.8 Å². The van der Waals surface area contributed by atoms with E-state index in [1.165, 1.54) is 0 Å². The number of fused-ring (bicyclic) bond motifs is 2. The van der Waals surface area contributed by atoms with Crippen molar-refractivity contribution in [3.63, 3.8) is 0 Å². The highest BCUT2D eigenvalue weighted by molar-refractivity contribution is 5.18. The van der Waals surface area contributed by atoms with Crippen molar-refractivity contribution in [2.45, 2.75) is 12.2 Å². The molecule has 2 aliphatic rings. The maximum atomic E-state index is 9.17. The molecular formula is C10H14O3. The third-order valence-corrected chi connectivity index (χ3v) is 2.75. The van der Waals surface area contributed by atoms with E-state index in [2.05, 4.69) is 6.08 Å². The van der Waals surface area contributed by atoms with E-state index < -0.39 is 0 Å². The van der Waals surface area contributed by atoms with Gasteiger partial charge in [-0.25, -0.2) is 0 Å². The van der Waals surface area contributed by atoms with Gasteiger partial charge in [0.2, 0.25) is 0 Å². The summed E-state index contributed by atoms with van der Waals surface area (Å²) < 4.78 is 10.5. The highest BCUT2D eigenvalue weighted by Gasteiger charge is 2.43. The predicted molar refractivity (Wildman–Crippen MR) is 48.0 cm³/mol. The molecule has 0 aromatic carbocycles. The molecule has 2 aliphatic heterocycles. The highest BCUT2D eigenvalue weighted by Crippen LogP contribution is 2.39. The summed E-state index contributed by atoms with van der Waals surface area (Å²) in [5.41, 5.74) is 0. The van der Waals surface area contributed by atoms with Crippen molar-refractivity contribution in [1.29, 1.82) is 0 Å². The fourth-order valence-corrected chi connectivity index (χ4v) is 2.06. The Morgan fingerprint density at radius 1 is 1.46 bits per heavy atom. The van der Waals surface area contributed by atoms with Gasteiger partial charge in [-0.1, -0.05) is 12.2 Å². The van der Waals surface area contributed by atoms with Gasteiger partial charge >= 0.3 is 0 Å². The van der Waals surface area contributed by atoms with Gasteiger partial charge < -0.3 is 14.6 Å². The predicted octanol–water partition coefficient (Wildman–Crippen LogP) is 0.708. The van der Waals surface area contributed by atoms with E-state index in [1.54, 1.807) is 13.4 Å². The standard InChI is InChI=1S/C10H14O3/c1-12-5-4-7-8(6-11)10-3-2-9(7)13-10/h2-5,7-11H,6H2,1H3. The summed E-state index contributed by atoms with van der Waals surface area (Å²) in [4.78, 5) is 0. The fourth-order valence-electron chi connectivity index (χ4n) is 2.06. The average Bonchev–Trinajstić information content (AvgIpc) is 2.73. The molecule has 1 saturated heterocycles. The van der Waals surface area contributed by atoms with Gasteiger partial charge in [-0.3, -0.25) is 0 Å². The van der Waals surface area contributed by atoms with Crippen LogP contribution >= 0.6 is 0 Å². The molecule has 0 aromatic heterocycles. The number of methoxy groups -OCH3 is 1. The molecule has 0 aromatic rings. The van der Waals surface area contributed by atoms with Gasteiger partial charge in [-0.2, -0.15) is 0 Å². The third kappa shape index (κ3) is 1.38. The minimum Gasteiger partial charge on any atom is -0.505 e. The first-order chi connectivity index (χ1) is 6.36. The van der Waals surface area contributed by atoms with E-state index in [-0.39, 0.29) is 30.7 Å². The second-order valence-electron chi connectivity index (χ2n) is 3.44. The van der Waals surface area contributed by atoms with Crippen LogP contribution < -0.4 is 0 Å². The van der Waals surface area contributed by atoms with E-state index in [0.717, 1.165) is 0 Å². The second-order valence-corrected chi connectivity index (χ2v) is 3.44. The van der Waals surface area contributed by atoms with Gasteiger partial charge in [0.25, 0.3) is 0 Å². The van der Waals surface area contributed by atoms with Crippen LogP contribution in [0.15, 0.2) is 24.5 Å². The summed E-state index contributed by atoms with van der Waals surface area (Å²) in [5.74, 6) is 0.460. The SMILES string of the molecule is COC=CC1C2C=CC(O2)C1CO. The molecule has 0 amide bonds. The van der Waals surface area contributed by atoms with Crippen molar-refractivity contribution in [2.75, 3.05) is 13.7 Å². The second kappa shape index (κ2) is 3.52. The van der Waals surface area contributed by atoms with Crippen molar-refractivity contribution in [3.8, 4) is 0 Å². The molecular weight excluding hydrogens is 168 g/mol. The number of ether oxygens (including phenoxy) is 2. The molecule has 0 saturated carbocycles. The zero-order valence-corrected chi connectivity index (χ0v) is 7.59. The summed E-state index contributed by atoms with van der Waals surface area (Å²) in [6.07, 6.45) is 7.94. The number of aliphatic hydroxyl groups excluding tert-OH is 1. The van der Waals surface area contributed by atoms with Crippen LogP contribution in [-0.4, -0.2) is 31.0 Å². The van der Waals surface area contributed by atoms with Crippen LogP contribution in [0.4, 0.5) is 0 Å². The monoisotopic (exact) mass is 182 g/mol. The third-order valence-electron chi connectivity index (χ3n) is 2.75. The molecule has 3 nitrogen and oxygen atoms in total. The van der Waals surface area contributed by atoms with E-state index >= 15 is 0 Å². The Hall–Kier alpha value is -0.800. The Labute approximate surface area is 77.7 Å². The van der Waals surface area contributed by atoms with E-state index in [9.17, 15) is 0 Å². The van der Waals surface area contributed by atoms with Gasteiger partial charge in [-0.15, -0.1) is 0 Å². The van der Waals surface area contributed by atoms with Crippen LogP contribution in [-0.2, 0) is 9.47 Å². The van der Waals surface area contributed by atoms with E-state index in [1.807, 2.05) is 12.2 Å². The molecule has 72 valence electrons. The molecule has 0 spiro atoms. The van der Waals surface area contributed by atoms with Gasteiger partial charge in [0.15, 0.2) is 0 Å². The van der Waals surface area contributed by atoms with Gasteiger partial charge in [0.1, 0.15) is 0 Å². The Kier molecular flexibility index (Phi) is 2.38. The lowest BCUT2D eigenvalue weighted by Crippen LogP contribution is -2.25. The molecule has 13 heavy (non-hydrogen) atoms. The first-order valence-electron chi connectivity index (χ1n) is 4.51. The molecule has 0 radical (unpaired) electrons. The lowest BCUT2D eigenvalue weighted by atomic mass is 9.84. The maximum Gasteiger partial charge on any atom is 0.0833 e. The van der Waals surface area contributed by atoms with Crippen LogP contribution in [0, 0.1) is 11.8 Å². The number of hydrogen-bond acceptors (Lipinski definition) is 3. The van der Waals surface area contributed by atoms with E-state index in [4.69, 9.17) is 14.6 Å². The smallest absolute Gasteiger partial charge is 0.0833 e. The zero-order valence-electron chi connectivity index (χ0n) is 7.59. The first-order valence-corrected chi connectivity index (χ1v) is 4.51. The lowest BCUT2D eigenvalue weighted by Gasteiger charge is -2.19. The average molecular weight is 182 g/mol. The highest BCUT2D eigenvalue weighted by atomic mass is 16.5. The van der Waals surface area contributed by atoms with Crippen molar-refractivity contribution >= 4 is 0 Å². The first kappa shape index (κ1) is 8.78. The Morgan fingerprint density at radius 2 is 2.23 bits per heavy atom. The van der Waals surface area contributed by atoms with Crippen LogP contribution in [0.2, 0.25) is 0 Å². The molecule has 1 N–H and O–H groups in total. The molecule has 4 unspecified atom stereocenters. The summed E-state index contributed by atoms with van der Waals surface area (Å²) in [6.45, 7) is 0.171. The van der Waals surface area contributed by atoms with Crippen LogP contribution in [0.5, 0.6) is 0 Å². The molecule has 0 aliphatic carbocycles. The van der Waals surface area contributed by atoms with Crippen molar-refractivity contribution < 1.29 is 14.6 Å². The Morgan fingerprint density at radius 3 is 2.92 bits per heavy atom. The summed E-state index contributed by atoms with van der Waals surface area (Å²) >= 11 is 0. The maximum absolute atomic E-state index is 9.17. The largest absolute Gasteiger partial charge is 0.505 e. The lowest BCUT2D eigenvalue weighted by molar-refractivity contribution is 0.0943. The van der Waals surface area contributed by atoms with E-state index in [0.29, 0.717) is 0 Å². The number of hydrogen-bond donors (Lipinski definition) is 1. The van der Waals surface area contributed by atoms with Gasteiger partial charge in [-0.05, 0) is 6.08 Å². The summed E-state index contributed by atoms with van der Waals surface area (Å²) in [7, 11) is 1.62. The fraction of sp³-hybridized carbons (Fsp3) is 0.600. The van der Waals surface area contributed by atoms with Gasteiger partial charge in [0.05, 0.1) is 25.6 Å². The van der Waals surface area contributed by atoms with Crippen molar-refractivity contribution in [1.82, 2.24) is 0 Å². The molecule has 1 fully saturated rings. The van der Waals surface area contributed by atoms with Crippen LogP contribution in [0.25, 0.3) is 0 Å². The minimum absolute atomic E-state index is 0.0986.